The Morgan fingerprint density at radius 2 is 1.97 bits per heavy atom. The summed E-state index contributed by atoms with van der Waals surface area (Å²) in [4.78, 5) is 9.24. The molecule has 0 aromatic heterocycles. The van der Waals surface area contributed by atoms with Crippen molar-refractivity contribution in [2.75, 3.05) is 53.5 Å². The van der Waals surface area contributed by atoms with E-state index in [4.69, 9.17) is 9.73 Å². The zero-order valence-electron chi connectivity index (χ0n) is 19.4. The topological polar surface area (TPSA) is 52.1 Å². The highest BCUT2D eigenvalue weighted by Gasteiger charge is 2.22. The Balaban J connectivity index is 2.02. The fourth-order valence-electron chi connectivity index (χ4n) is 3.76. The van der Waals surface area contributed by atoms with Crippen molar-refractivity contribution < 1.29 is 9.13 Å². The van der Waals surface area contributed by atoms with Crippen molar-refractivity contribution in [2.45, 2.75) is 46.3 Å². The van der Waals surface area contributed by atoms with Crippen LogP contribution in [0, 0.1) is 11.7 Å². The van der Waals surface area contributed by atoms with Crippen LogP contribution < -0.4 is 10.6 Å². The lowest BCUT2D eigenvalue weighted by Crippen LogP contribution is -2.51. The molecular formula is C23H40FN5O. The fraction of sp³-hybridized carbons (Fsp3) is 0.696. The van der Waals surface area contributed by atoms with E-state index in [2.05, 4.69) is 36.3 Å². The molecule has 1 heterocycles. The monoisotopic (exact) mass is 421 g/mol. The first kappa shape index (κ1) is 24.6. The second-order valence-corrected chi connectivity index (χ2v) is 8.67. The van der Waals surface area contributed by atoms with Crippen LogP contribution in [0.15, 0.2) is 23.2 Å². The highest BCUT2D eigenvalue weighted by atomic mass is 19.1. The second kappa shape index (κ2) is 12.9. The van der Waals surface area contributed by atoms with Crippen molar-refractivity contribution in [3.8, 4) is 0 Å². The van der Waals surface area contributed by atoms with Gasteiger partial charge in [0.25, 0.3) is 0 Å². The molecule has 1 atom stereocenters. The van der Waals surface area contributed by atoms with Crippen LogP contribution in [0.2, 0.25) is 0 Å². The number of guanidine groups is 1. The van der Waals surface area contributed by atoms with Crippen molar-refractivity contribution in [1.29, 1.82) is 0 Å². The molecule has 170 valence electrons. The number of nitrogens with one attached hydrogen (secondary N) is 2. The summed E-state index contributed by atoms with van der Waals surface area (Å²) in [5.41, 5.74) is 1.72. The average molecular weight is 422 g/mol. The summed E-state index contributed by atoms with van der Waals surface area (Å²) < 4.78 is 19.6. The smallest absolute Gasteiger partial charge is 0.191 e. The van der Waals surface area contributed by atoms with Crippen molar-refractivity contribution in [3.05, 3.63) is 35.1 Å². The molecule has 0 amide bonds. The number of rotatable bonds is 10. The number of hydrogen-bond acceptors (Lipinski definition) is 4. The Morgan fingerprint density at radius 3 is 2.60 bits per heavy atom. The third-order valence-electron chi connectivity index (χ3n) is 5.17. The van der Waals surface area contributed by atoms with Crippen LogP contribution in [-0.2, 0) is 17.8 Å². The quantitative estimate of drug-likeness (QED) is 0.449. The number of nitrogens with zero attached hydrogens (tertiary/aromatic N) is 3. The molecule has 30 heavy (non-hydrogen) atoms. The summed E-state index contributed by atoms with van der Waals surface area (Å²) in [6.07, 6.45) is 1.14. The van der Waals surface area contributed by atoms with Crippen LogP contribution >= 0.6 is 0 Å². The number of morpholine rings is 1. The van der Waals surface area contributed by atoms with E-state index in [1.54, 1.807) is 6.07 Å². The van der Waals surface area contributed by atoms with Gasteiger partial charge in [0.2, 0.25) is 0 Å². The first-order valence-electron chi connectivity index (χ1n) is 11.1. The molecule has 1 fully saturated rings. The summed E-state index contributed by atoms with van der Waals surface area (Å²) in [5, 5.41) is 6.86. The molecule has 1 aromatic rings. The maximum atomic E-state index is 14.0. The highest BCUT2D eigenvalue weighted by Crippen LogP contribution is 2.14. The zero-order chi connectivity index (χ0) is 21.9. The van der Waals surface area contributed by atoms with Gasteiger partial charge < -0.3 is 20.3 Å². The maximum absolute atomic E-state index is 14.0. The van der Waals surface area contributed by atoms with Gasteiger partial charge >= 0.3 is 0 Å². The normalized spacial score (nSPS) is 16.9. The molecule has 2 N–H and O–H groups in total. The van der Waals surface area contributed by atoms with E-state index < -0.39 is 0 Å². The molecule has 1 aliphatic rings. The van der Waals surface area contributed by atoms with E-state index in [-0.39, 0.29) is 5.82 Å². The molecule has 0 saturated carbocycles. The van der Waals surface area contributed by atoms with Gasteiger partial charge in [0.15, 0.2) is 5.96 Å². The minimum atomic E-state index is -0.163. The van der Waals surface area contributed by atoms with E-state index in [0.717, 1.165) is 57.3 Å². The molecule has 0 bridgehead atoms. The number of benzene rings is 1. The Kier molecular flexibility index (Phi) is 10.5. The number of hydrogen-bond donors (Lipinski definition) is 2. The Labute approximate surface area is 181 Å². The van der Waals surface area contributed by atoms with Gasteiger partial charge in [-0.15, -0.1) is 0 Å². The molecule has 0 radical (unpaired) electrons. The summed E-state index contributed by atoms with van der Waals surface area (Å²) >= 11 is 0. The number of halogens is 1. The highest BCUT2D eigenvalue weighted by molar-refractivity contribution is 5.79. The van der Waals surface area contributed by atoms with Gasteiger partial charge in [-0.2, -0.15) is 0 Å². The van der Waals surface area contributed by atoms with Crippen LogP contribution in [0.3, 0.4) is 0 Å². The van der Waals surface area contributed by atoms with Gasteiger partial charge in [-0.25, -0.2) is 9.38 Å². The van der Waals surface area contributed by atoms with Crippen molar-refractivity contribution in [2.24, 2.45) is 10.9 Å². The fourth-order valence-corrected chi connectivity index (χ4v) is 3.76. The van der Waals surface area contributed by atoms with E-state index in [1.807, 2.05) is 31.1 Å². The molecule has 1 saturated heterocycles. The van der Waals surface area contributed by atoms with E-state index >= 15 is 0 Å². The summed E-state index contributed by atoms with van der Waals surface area (Å²) in [5.74, 6) is 1.27. The molecule has 2 rings (SSSR count). The molecule has 0 aliphatic carbocycles. The number of aliphatic imine (C=N–C) groups is 1. The number of ether oxygens (including phenoxy) is 1. The standard InChI is InChI=1S/C23H40FN5O/c1-6-25-23(26-15-19-7-8-22(24)20(14-19)17-28(4)5)27-16-21(13-18(2)3)29-9-11-30-12-10-29/h7-8,14,18,21H,6,9-13,15-17H2,1-5H3,(H2,25,26,27). The molecule has 0 spiro atoms. The van der Waals surface area contributed by atoms with Gasteiger partial charge in [0.05, 0.1) is 19.8 Å². The van der Waals surface area contributed by atoms with Crippen LogP contribution in [0.1, 0.15) is 38.3 Å². The minimum Gasteiger partial charge on any atom is -0.379 e. The van der Waals surface area contributed by atoms with Gasteiger partial charge in [-0.05, 0) is 51.1 Å². The molecule has 1 aliphatic heterocycles. The Bertz CT molecular complexity index is 659. The van der Waals surface area contributed by atoms with Crippen molar-refractivity contribution in [3.63, 3.8) is 0 Å². The molecule has 1 unspecified atom stereocenters. The lowest BCUT2D eigenvalue weighted by atomic mass is 10.0. The largest absolute Gasteiger partial charge is 0.379 e. The van der Waals surface area contributed by atoms with Crippen LogP contribution in [-0.4, -0.2) is 75.3 Å². The van der Waals surface area contributed by atoms with E-state index in [1.165, 1.54) is 0 Å². The van der Waals surface area contributed by atoms with Crippen molar-refractivity contribution in [1.82, 2.24) is 20.4 Å². The molecule has 7 heteroatoms. The third kappa shape index (κ3) is 8.58. The predicted molar refractivity (Wildman–Crippen MR) is 122 cm³/mol. The Hall–Kier alpha value is -1.70. The summed E-state index contributed by atoms with van der Waals surface area (Å²) in [6, 6.07) is 5.73. The summed E-state index contributed by atoms with van der Waals surface area (Å²) in [6.45, 7) is 12.9. The third-order valence-corrected chi connectivity index (χ3v) is 5.17. The second-order valence-electron chi connectivity index (χ2n) is 8.67. The van der Waals surface area contributed by atoms with E-state index in [9.17, 15) is 4.39 Å². The van der Waals surface area contributed by atoms with Gasteiger partial charge in [0, 0.05) is 44.3 Å². The lowest BCUT2D eigenvalue weighted by Gasteiger charge is -2.35. The first-order chi connectivity index (χ1) is 14.4. The van der Waals surface area contributed by atoms with Gasteiger partial charge in [0.1, 0.15) is 5.82 Å². The van der Waals surface area contributed by atoms with Gasteiger partial charge in [-0.1, -0.05) is 19.9 Å². The molecule has 1 aromatic carbocycles. The molecule has 6 nitrogen and oxygen atoms in total. The van der Waals surface area contributed by atoms with Crippen LogP contribution in [0.5, 0.6) is 0 Å². The predicted octanol–water partition coefficient (Wildman–Crippen LogP) is 2.69. The van der Waals surface area contributed by atoms with Gasteiger partial charge in [-0.3, -0.25) is 4.90 Å². The van der Waals surface area contributed by atoms with E-state index in [0.29, 0.717) is 30.6 Å². The SMILES string of the molecule is CCNC(=NCc1ccc(F)c(CN(C)C)c1)NCC(CC(C)C)N1CCOCC1. The van der Waals surface area contributed by atoms with Crippen LogP contribution in [0.4, 0.5) is 4.39 Å². The Morgan fingerprint density at radius 1 is 1.23 bits per heavy atom. The summed E-state index contributed by atoms with van der Waals surface area (Å²) in [7, 11) is 3.89. The maximum Gasteiger partial charge on any atom is 0.191 e. The average Bonchev–Trinajstić information content (AvgIpc) is 2.71. The molecular weight excluding hydrogens is 381 g/mol. The van der Waals surface area contributed by atoms with Crippen molar-refractivity contribution >= 4 is 5.96 Å². The zero-order valence-corrected chi connectivity index (χ0v) is 19.4. The lowest BCUT2D eigenvalue weighted by molar-refractivity contribution is 0.0132. The first-order valence-corrected chi connectivity index (χ1v) is 11.1. The van der Waals surface area contributed by atoms with Crippen LogP contribution in [0.25, 0.3) is 0 Å². The minimum absolute atomic E-state index is 0.163.